The Bertz CT molecular complexity index is 612. The maximum absolute atomic E-state index is 12.4. The number of rotatable bonds is 13. The van der Waals surface area contributed by atoms with Crippen LogP contribution in [0.15, 0.2) is 0 Å². The van der Waals surface area contributed by atoms with E-state index in [-0.39, 0.29) is 12.3 Å². The lowest BCUT2D eigenvalue weighted by atomic mass is 10.0. The van der Waals surface area contributed by atoms with Crippen LogP contribution in [0.25, 0.3) is 0 Å². The van der Waals surface area contributed by atoms with Gasteiger partial charge in [-0.2, -0.15) is 0 Å². The molecule has 0 spiro atoms. The van der Waals surface area contributed by atoms with Crippen LogP contribution in [-0.4, -0.2) is 82.3 Å². The minimum absolute atomic E-state index is 0.0645. The van der Waals surface area contributed by atoms with Crippen molar-refractivity contribution in [1.82, 2.24) is 16.0 Å². The highest BCUT2D eigenvalue weighted by Gasteiger charge is 2.31. The molecular formula is C16H29N5O8. The first-order valence-electron chi connectivity index (χ1n) is 8.82. The van der Waals surface area contributed by atoms with Crippen LogP contribution in [0.3, 0.4) is 0 Å². The predicted molar refractivity (Wildman–Crippen MR) is 98.8 cm³/mol. The summed E-state index contributed by atoms with van der Waals surface area (Å²) >= 11 is 0. The number of primary amides is 1. The molecule has 0 aromatic heterocycles. The van der Waals surface area contributed by atoms with Gasteiger partial charge in [0.1, 0.15) is 24.2 Å². The van der Waals surface area contributed by atoms with Crippen molar-refractivity contribution in [3.63, 3.8) is 0 Å². The Balaban J connectivity index is 5.27. The van der Waals surface area contributed by atoms with Crippen LogP contribution in [0.2, 0.25) is 0 Å². The molecule has 0 saturated carbocycles. The third kappa shape index (κ3) is 9.82. The Labute approximate surface area is 167 Å². The molecule has 166 valence electrons. The monoisotopic (exact) mass is 419 g/mol. The van der Waals surface area contributed by atoms with Crippen molar-refractivity contribution in [2.24, 2.45) is 17.4 Å². The van der Waals surface area contributed by atoms with E-state index in [1.807, 2.05) is 0 Å². The number of aliphatic carboxylic acids is 1. The maximum Gasteiger partial charge on any atom is 0.326 e. The zero-order valence-electron chi connectivity index (χ0n) is 16.3. The van der Waals surface area contributed by atoms with E-state index in [1.165, 1.54) is 0 Å². The van der Waals surface area contributed by atoms with Crippen LogP contribution in [0, 0.1) is 5.92 Å². The Morgan fingerprint density at radius 1 is 0.828 bits per heavy atom. The van der Waals surface area contributed by atoms with Gasteiger partial charge in [0, 0.05) is 0 Å². The minimum Gasteiger partial charge on any atom is -0.480 e. The molecule has 0 radical (unpaired) electrons. The molecule has 0 aliphatic rings. The second-order valence-electron chi connectivity index (χ2n) is 6.79. The molecule has 0 aromatic rings. The van der Waals surface area contributed by atoms with Gasteiger partial charge in [0.05, 0.1) is 19.6 Å². The molecule has 0 saturated heterocycles. The molecular weight excluding hydrogens is 390 g/mol. The van der Waals surface area contributed by atoms with Crippen molar-refractivity contribution in [2.75, 3.05) is 13.2 Å². The van der Waals surface area contributed by atoms with E-state index < -0.39 is 73.4 Å². The Hall–Kier alpha value is -2.77. The molecule has 0 aliphatic heterocycles. The molecule has 0 aliphatic carbocycles. The summed E-state index contributed by atoms with van der Waals surface area (Å²) in [4.78, 5) is 58.9. The van der Waals surface area contributed by atoms with Crippen molar-refractivity contribution >= 4 is 29.6 Å². The molecule has 29 heavy (non-hydrogen) atoms. The Kier molecular flexibility index (Phi) is 11.4. The summed E-state index contributed by atoms with van der Waals surface area (Å²) in [5.41, 5.74) is 10.4. The second kappa shape index (κ2) is 12.6. The van der Waals surface area contributed by atoms with E-state index in [4.69, 9.17) is 16.6 Å². The average molecular weight is 419 g/mol. The Morgan fingerprint density at radius 2 is 1.31 bits per heavy atom. The normalized spacial score (nSPS) is 15.0. The van der Waals surface area contributed by atoms with E-state index in [1.54, 1.807) is 13.8 Å². The zero-order valence-corrected chi connectivity index (χ0v) is 16.3. The molecule has 4 amide bonds. The third-order valence-electron chi connectivity index (χ3n) is 3.71. The number of carbonyl (C=O) groups excluding carboxylic acids is 4. The Morgan fingerprint density at radius 3 is 1.72 bits per heavy atom. The molecule has 0 heterocycles. The van der Waals surface area contributed by atoms with Crippen molar-refractivity contribution < 1.29 is 39.3 Å². The molecule has 0 bridgehead atoms. The number of aliphatic hydroxyl groups excluding tert-OH is 2. The average Bonchev–Trinajstić information content (AvgIpc) is 2.62. The fourth-order valence-corrected chi connectivity index (χ4v) is 2.20. The molecule has 4 unspecified atom stereocenters. The lowest BCUT2D eigenvalue weighted by Crippen LogP contribution is -2.59. The largest absolute Gasteiger partial charge is 0.480 e. The lowest BCUT2D eigenvalue weighted by Gasteiger charge is -2.24. The quantitative estimate of drug-likeness (QED) is 0.144. The first-order chi connectivity index (χ1) is 13.4. The molecule has 10 N–H and O–H groups in total. The van der Waals surface area contributed by atoms with E-state index in [9.17, 15) is 34.2 Å². The number of carboxylic acids is 1. The van der Waals surface area contributed by atoms with Gasteiger partial charge in [0.15, 0.2) is 0 Å². The van der Waals surface area contributed by atoms with Gasteiger partial charge in [0.2, 0.25) is 23.6 Å². The van der Waals surface area contributed by atoms with Crippen LogP contribution in [-0.2, 0) is 24.0 Å². The first-order valence-corrected chi connectivity index (χ1v) is 8.82. The van der Waals surface area contributed by atoms with E-state index in [0.717, 1.165) is 0 Å². The first kappa shape index (κ1) is 26.2. The predicted octanol–water partition coefficient (Wildman–Crippen LogP) is -4.24. The summed E-state index contributed by atoms with van der Waals surface area (Å²) in [5, 5.41) is 33.8. The smallest absolute Gasteiger partial charge is 0.326 e. The molecule has 0 rings (SSSR count). The number of hydrogen-bond donors (Lipinski definition) is 8. The van der Waals surface area contributed by atoms with Crippen molar-refractivity contribution in [3.8, 4) is 0 Å². The number of nitrogens with one attached hydrogen (secondary N) is 3. The van der Waals surface area contributed by atoms with Gasteiger partial charge in [-0.15, -0.1) is 0 Å². The third-order valence-corrected chi connectivity index (χ3v) is 3.71. The summed E-state index contributed by atoms with van der Waals surface area (Å²) in [5.74, 6) is -5.25. The fourth-order valence-electron chi connectivity index (χ4n) is 2.20. The van der Waals surface area contributed by atoms with E-state index in [0.29, 0.717) is 0 Å². The van der Waals surface area contributed by atoms with Crippen LogP contribution >= 0.6 is 0 Å². The summed E-state index contributed by atoms with van der Waals surface area (Å²) in [7, 11) is 0. The van der Waals surface area contributed by atoms with Gasteiger partial charge >= 0.3 is 5.97 Å². The highest BCUT2D eigenvalue weighted by atomic mass is 16.4. The summed E-state index contributed by atoms with van der Waals surface area (Å²) in [6.07, 6.45) is -0.541. The van der Waals surface area contributed by atoms with Crippen LogP contribution < -0.4 is 27.4 Å². The van der Waals surface area contributed by atoms with Crippen molar-refractivity contribution in [2.45, 2.75) is 50.9 Å². The number of carbonyl (C=O) groups is 5. The fraction of sp³-hybridized carbons (Fsp3) is 0.688. The number of hydrogen-bond acceptors (Lipinski definition) is 8. The standard InChI is InChI=1S/C16H29N5O8/c1-7(2)3-10(16(28)29)20-14(26)9(4-12(18)24)19-15(27)11(6-23)21-13(25)8(17)5-22/h7-11,22-23H,3-6,17H2,1-2H3,(H2,18,24)(H,19,27)(H,20,26)(H,21,25)(H,28,29). The van der Waals surface area contributed by atoms with Crippen molar-refractivity contribution in [1.29, 1.82) is 0 Å². The van der Waals surface area contributed by atoms with Crippen LogP contribution in [0.1, 0.15) is 26.7 Å². The van der Waals surface area contributed by atoms with Gasteiger partial charge in [-0.1, -0.05) is 13.8 Å². The van der Waals surface area contributed by atoms with Crippen LogP contribution in [0.5, 0.6) is 0 Å². The molecule has 13 nitrogen and oxygen atoms in total. The van der Waals surface area contributed by atoms with Gasteiger partial charge in [-0.25, -0.2) is 4.79 Å². The zero-order chi connectivity index (χ0) is 22.7. The number of nitrogens with two attached hydrogens (primary N) is 2. The lowest BCUT2D eigenvalue weighted by molar-refractivity contribution is -0.143. The van der Waals surface area contributed by atoms with Crippen LogP contribution in [0.4, 0.5) is 0 Å². The summed E-state index contributed by atoms with van der Waals surface area (Å²) in [6.45, 7) is 1.92. The SMILES string of the molecule is CC(C)CC(NC(=O)C(CC(N)=O)NC(=O)C(CO)NC(=O)C(N)CO)C(=O)O. The molecule has 0 aromatic carbocycles. The van der Waals surface area contributed by atoms with Gasteiger partial charge in [-0.3, -0.25) is 19.2 Å². The number of aliphatic hydroxyl groups is 2. The molecule has 0 fully saturated rings. The number of amides is 4. The van der Waals surface area contributed by atoms with E-state index >= 15 is 0 Å². The van der Waals surface area contributed by atoms with Gasteiger partial charge in [0.25, 0.3) is 0 Å². The van der Waals surface area contributed by atoms with E-state index in [2.05, 4.69) is 16.0 Å². The van der Waals surface area contributed by atoms with Gasteiger partial charge < -0.3 is 42.7 Å². The minimum atomic E-state index is -1.54. The molecule has 4 atom stereocenters. The number of carboxylic acid groups (broad SMARTS) is 1. The summed E-state index contributed by atoms with van der Waals surface area (Å²) < 4.78 is 0. The second-order valence-corrected chi connectivity index (χ2v) is 6.79. The molecule has 13 heteroatoms. The highest BCUT2D eigenvalue weighted by Crippen LogP contribution is 2.06. The topological polar surface area (TPSA) is 234 Å². The van der Waals surface area contributed by atoms with Gasteiger partial charge in [-0.05, 0) is 12.3 Å². The van der Waals surface area contributed by atoms with Crippen molar-refractivity contribution in [3.05, 3.63) is 0 Å². The summed E-state index contributed by atoms with van der Waals surface area (Å²) in [6, 6.07) is -5.67. The highest BCUT2D eigenvalue weighted by molar-refractivity contribution is 5.96. The maximum atomic E-state index is 12.4.